The highest BCUT2D eigenvalue weighted by molar-refractivity contribution is 7.18. The summed E-state index contributed by atoms with van der Waals surface area (Å²) in [6.45, 7) is 3.76. The number of aromatic nitrogens is 3. The van der Waals surface area contributed by atoms with Gasteiger partial charge in [-0.1, -0.05) is 0 Å². The molecule has 7 heteroatoms. The first-order chi connectivity index (χ1) is 13.1. The highest BCUT2D eigenvalue weighted by atomic mass is 32.1. The van der Waals surface area contributed by atoms with Gasteiger partial charge in [-0.15, -0.1) is 11.3 Å². The summed E-state index contributed by atoms with van der Waals surface area (Å²) in [7, 11) is 0. The predicted octanol–water partition coefficient (Wildman–Crippen LogP) is 4.66. The molecule has 1 aliphatic rings. The number of imidazole rings is 1. The number of fused-ring (bicyclic) bond motifs is 2. The second-order valence-electron chi connectivity index (χ2n) is 7.07. The second kappa shape index (κ2) is 6.35. The number of hydrogen-bond acceptors (Lipinski definition) is 4. The average Bonchev–Trinajstić information content (AvgIpc) is 3.26. The Morgan fingerprint density at radius 1 is 1.04 bits per heavy atom. The van der Waals surface area contributed by atoms with Crippen LogP contribution in [0.25, 0.3) is 27.0 Å². The lowest BCUT2D eigenvalue weighted by Gasteiger charge is -2.20. The molecule has 1 saturated heterocycles. The van der Waals surface area contributed by atoms with Gasteiger partial charge in [-0.3, -0.25) is 0 Å². The average molecular weight is 384 g/mol. The van der Waals surface area contributed by atoms with Gasteiger partial charge in [0.1, 0.15) is 5.52 Å². The molecule has 0 aliphatic carbocycles. The van der Waals surface area contributed by atoms with Crippen molar-refractivity contribution in [2.24, 2.45) is 0 Å². The van der Waals surface area contributed by atoms with Crippen LogP contribution in [0.3, 0.4) is 0 Å². The van der Waals surface area contributed by atoms with Crippen LogP contribution < -0.4 is 5.32 Å². The summed E-state index contributed by atoms with van der Waals surface area (Å²) in [5.74, 6) is -0.392. The Kier molecular flexibility index (Phi) is 3.94. The van der Waals surface area contributed by atoms with Crippen molar-refractivity contribution in [1.29, 1.82) is 0 Å². The van der Waals surface area contributed by atoms with Crippen LogP contribution >= 0.6 is 11.3 Å². The number of aryl methyl sites for hydroxylation is 1. The number of nitrogens with zero attached hydrogens (tertiary/aromatic N) is 3. The zero-order chi connectivity index (χ0) is 18.5. The predicted molar refractivity (Wildman–Crippen MR) is 103 cm³/mol. The van der Waals surface area contributed by atoms with Crippen molar-refractivity contribution in [1.82, 2.24) is 19.7 Å². The van der Waals surface area contributed by atoms with Gasteiger partial charge in [-0.05, 0) is 56.6 Å². The fraction of sp³-hybridized carbons (Fsp3) is 0.300. The van der Waals surface area contributed by atoms with Crippen LogP contribution in [0.5, 0.6) is 0 Å². The first-order valence-corrected chi connectivity index (χ1v) is 9.86. The number of nitrogens with one attached hydrogen (secondary N) is 1. The number of piperidine rings is 1. The molecule has 1 fully saturated rings. The standard InChI is InChI=1S/C20H18F2N4S/c1-11-9-26-10-14(7-16(22)19(26)24-11)13-6-15(21)18-17(8-13)27-20(25-18)12-2-4-23-5-3-12/h6-10,12,23H,2-5H2,1H3. The monoisotopic (exact) mass is 384 g/mol. The highest BCUT2D eigenvalue weighted by Gasteiger charge is 2.21. The lowest BCUT2D eigenvalue weighted by atomic mass is 9.99. The van der Waals surface area contributed by atoms with E-state index in [1.807, 2.05) is 13.0 Å². The summed E-state index contributed by atoms with van der Waals surface area (Å²) in [4.78, 5) is 8.74. The van der Waals surface area contributed by atoms with Crippen LogP contribution in [0.4, 0.5) is 8.78 Å². The van der Waals surface area contributed by atoms with Crippen molar-refractivity contribution >= 4 is 27.2 Å². The van der Waals surface area contributed by atoms with Crippen LogP contribution in [0.2, 0.25) is 0 Å². The van der Waals surface area contributed by atoms with Gasteiger partial charge in [-0.2, -0.15) is 0 Å². The minimum absolute atomic E-state index is 0.281. The molecule has 1 aromatic carbocycles. The molecule has 0 amide bonds. The highest BCUT2D eigenvalue weighted by Crippen LogP contribution is 2.36. The van der Waals surface area contributed by atoms with Crippen molar-refractivity contribution < 1.29 is 8.78 Å². The summed E-state index contributed by atoms with van der Waals surface area (Å²) in [5.41, 5.74) is 2.70. The quantitative estimate of drug-likeness (QED) is 0.546. The van der Waals surface area contributed by atoms with Gasteiger partial charge < -0.3 is 9.72 Å². The maximum Gasteiger partial charge on any atom is 0.173 e. The summed E-state index contributed by atoms with van der Waals surface area (Å²) in [5, 5.41) is 4.34. The Hall–Kier alpha value is -2.38. The van der Waals surface area contributed by atoms with E-state index in [4.69, 9.17) is 0 Å². The largest absolute Gasteiger partial charge is 0.317 e. The zero-order valence-electron chi connectivity index (χ0n) is 14.8. The van der Waals surface area contributed by atoms with Crippen LogP contribution in [0, 0.1) is 18.6 Å². The van der Waals surface area contributed by atoms with E-state index in [1.54, 1.807) is 28.1 Å². The Morgan fingerprint density at radius 2 is 1.81 bits per heavy atom. The van der Waals surface area contributed by atoms with Gasteiger partial charge in [0.05, 0.1) is 15.4 Å². The van der Waals surface area contributed by atoms with Gasteiger partial charge in [0.25, 0.3) is 0 Å². The zero-order valence-corrected chi connectivity index (χ0v) is 15.6. The third-order valence-electron chi connectivity index (χ3n) is 5.11. The second-order valence-corrected chi connectivity index (χ2v) is 8.13. The summed E-state index contributed by atoms with van der Waals surface area (Å²) in [6.07, 6.45) is 5.60. The molecule has 1 N–H and O–H groups in total. The minimum Gasteiger partial charge on any atom is -0.317 e. The van der Waals surface area contributed by atoms with Gasteiger partial charge >= 0.3 is 0 Å². The lowest BCUT2D eigenvalue weighted by Crippen LogP contribution is -2.26. The van der Waals surface area contributed by atoms with E-state index in [2.05, 4.69) is 15.3 Å². The number of halogens is 2. The molecule has 138 valence electrons. The molecule has 3 aromatic heterocycles. The van der Waals surface area contributed by atoms with E-state index >= 15 is 0 Å². The summed E-state index contributed by atoms with van der Waals surface area (Å²) in [6, 6.07) is 4.76. The van der Waals surface area contributed by atoms with E-state index in [0.29, 0.717) is 22.6 Å². The SMILES string of the molecule is Cc1cn2cc(-c3cc(F)c4nc(C5CCNCC5)sc4c3)cc(F)c2n1. The number of benzene rings is 1. The van der Waals surface area contributed by atoms with Crippen molar-refractivity contribution in [2.45, 2.75) is 25.7 Å². The number of pyridine rings is 1. The molecule has 4 nitrogen and oxygen atoms in total. The molecule has 27 heavy (non-hydrogen) atoms. The molecule has 0 saturated carbocycles. The Morgan fingerprint density at radius 3 is 2.63 bits per heavy atom. The Balaban J connectivity index is 1.61. The first-order valence-electron chi connectivity index (χ1n) is 9.04. The van der Waals surface area contributed by atoms with Gasteiger partial charge in [0, 0.05) is 23.9 Å². The Labute approximate surface area is 158 Å². The lowest BCUT2D eigenvalue weighted by molar-refractivity contribution is 0.459. The molecular weight excluding hydrogens is 366 g/mol. The molecule has 4 aromatic rings. The molecule has 5 rings (SSSR count). The van der Waals surface area contributed by atoms with E-state index < -0.39 is 5.82 Å². The number of thiazole rings is 1. The third-order valence-corrected chi connectivity index (χ3v) is 6.28. The van der Waals surface area contributed by atoms with E-state index in [1.165, 1.54) is 12.1 Å². The number of rotatable bonds is 2. The normalized spacial score (nSPS) is 15.8. The van der Waals surface area contributed by atoms with Crippen molar-refractivity contribution in [3.05, 3.63) is 52.9 Å². The van der Waals surface area contributed by atoms with Crippen LogP contribution in [0.15, 0.2) is 30.6 Å². The molecule has 1 aliphatic heterocycles. The minimum atomic E-state index is -0.416. The molecule has 4 heterocycles. The molecule has 0 bridgehead atoms. The number of hydrogen-bond donors (Lipinski definition) is 1. The maximum absolute atomic E-state index is 14.8. The van der Waals surface area contributed by atoms with Crippen molar-refractivity contribution in [2.75, 3.05) is 13.1 Å². The fourth-order valence-electron chi connectivity index (χ4n) is 3.75. The van der Waals surface area contributed by atoms with Crippen molar-refractivity contribution in [3.8, 4) is 11.1 Å². The topological polar surface area (TPSA) is 42.2 Å². The van der Waals surface area contributed by atoms with Crippen LogP contribution in [-0.2, 0) is 0 Å². The molecule has 0 radical (unpaired) electrons. The molecule has 0 unspecified atom stereocenters. The molecule has 0 atom stereocenters. The molecular formula is C20H18F2N4S. The van der Waals surface area contributed by atoms with Crippen LogP contribution in [-0.4, -0.2) is 27.5 Å². The fourth-order valence-corrected chi connectivity index (χ4v) is 4.94. The maximum atomic E-state index is 14.8. The van der Waals surface area contributed by atoms with E-state index in [0.717, 1.165) is 41.3 Å². The summed E-state index contributed by atoms with van der Waals surface area (Å²) < 4.78 is 31.6. The van der Waals surface area contributed by atoms with Crippen molar-refractivity contribution in [3.63, 3.8) is 0 Å². The van der Waals surface area contributed by atoms with Gasteiger partial charge in [0.15, 0.2) is 17.3 Å². The van der Waals surface area contributed by atoms with E-state index in [9.17, 15) is 8.78 Å². The van der Waals surface area contributed by atoms with E-state index in [-0.39, 0.29) is 11.5 Å². The summed E-state index contributed by atoms with van der Waals surface area (Å²) >= 11 is 1.55. The van der Waals surface area contributed by atoms with Crippen LogP contribution in [0.1, 0.15) is 29.5 Å². The molecule has 0 spiro atoms. The van der Waals surface area contributed by atoms with Gasteiger partial charge in [-0.25, -0.2) is 18.7 Å². The first kappa shape index (κ1) is 16.8. The third kappa shape index (κ3) is 2.91. The smallest absolute Gasteiger partial charge is 0.173 e. The Bertz CT molecular complexity index is 1160. The van der Waals surface area contributed by atoms with Gasteiger partial charge in [0.2, 0.25) is 0 Å².